The molecule has 0 unspecified atom stereocenters. The summed E-state index contributed by atoms with van der Waals surface area (Å²) in [5, 5.41) is 3.32. The van der Waals surface area contributed by atoms with Gasteiger partial charge in [0, 0.05) is 18.9 Å². The van der Waals surface area contributed by atoms with Gasteiger partial charge in [-0.2, -0.15) is 0 Å². The van der Waals surface area contributed by atoms with E-state index in [0.29, 0.717) is 0 Å². The number of benzene rings is 1. The van der Waals surface area contributed by atoms with E-state index in [-0.39, 0.29) is 0 Å². The van der Waals surface area contributed by atoms with Crippen molar-refractivity contribution in [2.45, 2.75) is 19.9 Å². The summed E-state index contributed by atoms with van der Waals surface area (Å²) in [4.78, 5) is 8.49. The largest absolute Gasteiger partial charge is 0.494 e. The summed E-state index contributed by atoms with van der Waals surface area (Å²) >= 11 is 0. The summed E-state index contributed by atoms with van der Waals surface area (Å²) in [6.45, 7) is 4.31. The number of aromatic nitrogens is 2. The van der Waals surface area contributed by atoms with Gasteiger partial charge in [0.15, 0.2) is 0 Å². The molecule has 1 aromatic heterocycles. The van der Waals surface area contributed by atoms with Gasteiger partial charge in [-0.1, -0.05) is 18.2 Å². The van der Waals surface area contributed by atoms with Crippen LogP contribution in [0.4, 0.5) is 0 Å². The maximum absolute atomic E-state index is 5.61. The van der Waals surface area contributed by atoms with Crippen LogP contribution in [0.1, 0.15) is 17.8 Å². The summed E-state index contributed by atoms with van der Waals surface area (Å²) in [6, 6.07) is 9.87. The highest BCUT2D eigenvalue weighted by Gasteiger charge is 1.95. The first-order valence-electron chi connectivity index (χ1n) is 6.51. The van der Waals surface area contributed by atoms with Crippen LogP contribution < -0.4 is 10.1 Å². The van der Waals surface area contributed by atoms with Gasteiger partial charge >= 0.3 is 0 Å². The summed E-state index contributed by atoms with van der Waals surface area (Å²) in [6.07, 6.45) is 4.56. The van der Waals surface area contributed by atoms with Crippen LogP contribution in [-0.4, -0.2) is 23.1 Å². The summed E-state index contributed by atoms with van der Waals surface area (Å²) in [7, 11) is 0. The normalized spacial score (nSPS) is 10.4. The average Bonchev–Trinajstić information content (AvgIpc) is 2.46. The molecule has 0 amide bonds. The van der Waals surface area contributed by atoms with E-state index in [1.807, 2.05) is 43.5 Å². The number of hydrogen-bond donors (Lipinski definition) is 1. The molecule has 1 heterocycles. The summed E-state index contributed by atoms with van der Waals surface area (Å²) < 4.78 is 5.61. The summed E-state index contributed by atoms with van der Waals surface area (Å²) in [5.41, 5.74) is 1.91. The molecule has 2 rings (SSSR count). The van der Waals surface area contributed by atoms with E-state index >= 15 is 0 Å². The molecule has 0 aliphatic carbocycles. The first-order valence-corrected chi connectivity index (χ1v) is 6.51. The minimum Gasteiger partial charge on any atom is -0.494 e. The number of hydrogen-bond acceptors (Lipinski definition) is 4. The standard InChI is InChI=1S/C15H19N3O/c1-13-10-18-14(12-17-13)11-16-8-5-9-19-15-6-3-2-4-7-15/h2-4,6-7,10,12,16H,5,8-9,11H2,1H3. The molecule has 1 N–H and O–H groups in total. The monoisotopic (exact) mass is 257 g/mol. The third-order valence-corrected chi connectivity index (χ3v) is 2.65. The van der Waals surface area contributed by atoms with Crippen LogP contribution in [0.25, 0.3) is 0 Å². The van der Waals surface area contributed by atoms with Gasteiger partial charge in [0.05, 0.1) is 18.0 Å². The Hall–Kier alpha value is -1.94. The number of nitrogens with zero attached hydrogens (tertiary/aromatic N) is 2. The van der Waals surface area contributed by atoms with E-state index in [9.17, 15) is 0 Å². The number of ether oxygens (including phenoxy) is 1. The maximum Gasteiger partial charge on any atom is 0.119 e. The molecule has 4 nitrogen and oxygen atoms in total. The molecule has 0 aliphatic heterocycles. The van der Waals surface area contributed by atoms with Crippen molar-refractivity contribution in [2.75, 3.05) is 13.2 Å². The van der Waals surface area contributed by atoms with Crippen LogP contribution in [0.5, 0.6) is 5.75 Å². The van der Waals surface area contributed by atoms with Crippen molar-refractivity contribution >= 4 is 0 Å². The second-order valence-corrected chi connectivity index (χ2v) is 4.34. The molecule has 0 saturated carbocycles. The van der Waals surface area contributed by atoms with Crippen LogP contribution in [0.3, 0.4) is 0 Å². The van der Waals surface area contributed by atoms with Crippen molar-refractivity contribution in [2.24, 2.45) is 0 Å². The van der Waals surface area contributed by atoms with Gasteiger partial charge in [-0.05, 0) is 32.0 Å². The van der Waals surface area contributed by atoms with Gasteiger partial charge in [0.25, 0.3) is 0 Å². The Morgan fingerprint density at radius 3 is 2.68 bits per heavy atom. The lowest BCUT2D eigenvalue weighted by Gasteiger charge is -2.06. The van der Waals surface area contributed by atoms with Gasteiger partial charge in [0.1, 0.15) is 5.75 Å². The van der Waals surface area contributed by atoms with E-state index in [4.69, 9.17) is 4.74 Å². The Labute approximate surface area is 113 Å². The van der Waals surface area contributed by atoms with Gasteiger partial charge in [-0.15, -0.1) is 0 Å². The lowest BCUT2D eigenvalue weighted by molar-refractivity contribution is 0.308. The van der Waals surface area contributed by atoms with Crippen molar-refractivity contribution in [3.8, 4) is 5.75 Å². The minimum absolute atomic E-state index is 0.719. The third-order valence-electron chi connectivity index (χ3n) is 2.65. The highest BCUT2D eigenvalue weighted by molar-refractivity contribution is 5.20. The van der Waals surface area contributed by atoms with Crippen LogP contribution in [0, 0.1) is 6.92 Å². The lowest BCUT2D eigenvalue weighted by atomic mass is 10.3. The summed E-state index contributed by atoms with van der Waals surface area (Å²) in [5.74, 6) is 0.923. The maximum atomic E-state index is 5.61. The highest BCUT2D eigenvalue weighted by Crippen LogP contribution is 2.08. The van der Waals surface area contributed by atoms with E-state index in [0.717, 1.165) is 43.3 Å². The number of aryl methyl sites for hydroxylation is 1. The van der Waals surface area contributed by atoms with Crippen LogP contribution >= 0.6 is 0 Å². The van der Waals surface area contributed by atoms with E-state index in [1.165, 1.54) is 0 Å². The Kier molecular flexibility index (Phi) is 5.31. The van der Waals surface area contributed by atoms with E-state index in [1.54, 1.807) is 6.20 Å². The SMILES string of the molecule is Cc1cnc(CNCCCOc2ccccc2)cn1. The Balaban J connectivity index is 1.56. The predicted octanol–water partition coefficient (Wildman–Crippen LogP) is 2.34. The zero-order chi connectivity index (χ0) is 13.3. The Morgan fingerprint density at radius 2 is 1.95 bits per heavy atom. The fourth-order valence-electron chi connectivity index (χ4n) is 1.63. The Morgan fingerprint density at radius 1 is 1.11 bits per heavy atom. The number of para-hydroxylation sites is 1. The highest BCUT2D eigenvalue weighted by atomic mass is 16.5. The molecule has 100 valence electrons. The topological polar surface area (TPSA) is 47.0 Å². The molecule has 0 saturated heterocycles. The van der Waals surface area contributed by atoms with Gasteiger partial charge < -0.3 is 10.1 Å². The molecular weight excluding hydrogens is 238 g/mol. The van der Waals surface area contributed by atoms with Gasteiger partial charge in [0.2, 0.25) is 0 Å². The number of nitrogens with one attached hydrogen (secondary N) is 1. The first kappa shape index (κ1) is 13.5. The van der Waals surface area contributed by atoms with E-state index < -0.39 is 0 Å². The molecule has 0 fully saturated rings. The van der Waals surface area contributed by atoms with Crippen LogP contribution in [0.2, 0.25) is 0 Å². The van der Waals surface area contributed by atoms with Gasteiger partial charge in [-0.25, -0.2) is 0 Å². The third kappa shape index (κ3) is 5.06. The van der Waals surface area contributed by atoms with Crippen LogP contribution in [-0.2, 0) is 6.54 Å². The van der Waals surface area contributed by atoms with Crippen molar-refractivity contribution in [1.82, 2.24) is 15.3 Å². The number of rotatable bonds is 7. The molecule has 4 heteroatoms. The predicted molar refractivity (Wildman–Crippen MR) is 75.0 cm³/mol. The van der Waals surface area contributed by atoms with E-state index in [2.05, 4.69) is 15.3 Å². The zero-order valence-electron chi connectivity index (χ0n) is 11.2. The van der Waals surface area contributed by atoms with Crippen molar-refractivity contribution < 1.29 is 4.74 Å². The van der Waals surface area contributed by atoms with Crippen molar-refractivity contribution in [3.63, 3.8) is 0 Å². The molecule has 2 aromatic rings. The average molecular weight is 257 g/mol. The smallest absolute Gasteiger partial charge is 0.119 e. The molecule has 1 aromatic carbocycles. The van der Waals surface area contributed by atoms with Crippen molar-refractivity contribution in [1.29, 1.82) is 0 Å². The quantitative estimate of drug-likeness (QED) is 0.773. The molecule has 0 spiro atoms. The fraction of sp³-hybridized carbons (Fsp3) is 0.333. The molecule has 0 radical (unpaired) electrons. The molecule has 19 heavy (non-hydrogen) atoms. The Bertz CT molecular complexity index is 471. The minimum atomic E-state index is 0.719. The first-order chi connectivity index (χ1) is 9.34. The zero-order valence-corrected chi connectivity index (χ0v) is 11.2. The van der Waals surface area contributed by atoms with Crippen molar-refractivity contribution in [3.05, 3.63) is 54.1 Å². The fourth-order valence-corrected chi connectivity index (χ4v) is 1.63. The molecule has 0 atom stereocenters. The lowest BCUT2D eigenvalue weighted by Crippen LogP contribution is -2.17. The second-order valence-electron chi connectivity index (χ2n) is 4.34. The molecule has 0 aliphatic rings. The van der Waals surface area contributed by atoms with Crippen LogP contribution in [0.15, 0.2) is 42.7 Å². The molecular formula is C15H19N3O. The van der Waals surface area contributed by atoms with Gasteiger partial charge in [-0.3, -0.25) is 9.97 Å². The second kappa shape index (κ2) is 7.48. The molecule has 0 bridgehead atoms.